The molecule has 1 aromatic carbocycles. The summed E-state index contributed by atoms with van der Waals surface area (Å²) >= 11 is 0. The van der Waals surface area contributed by atoms with Gasteiger partial charge < -0.3 is 0 Å². The van der Waals surface area contributed by atoms with E-state index in [1.165, 1.54) is 5.56 Å². The molecule has 0 saturated heterocycles. The lowest BCUT2D eigenvalue weighted by Crippen LogP contribution is -2.10. The van der Waals surface area contributed by atoms with Gasteiger partial charge in [0.25, 0.3) is 0 Å². The van der Waals surface area contributed by atoms with Gasteiger partial charge in [-0.1, -0.05) is 53.8 Å². The van der Waals surface area contributed by atoms with Crippen molar-refractivity contribution in [3.05, 3.63) is 59.7 Å². The highest BCUT2D eigenvalue weighted by Crippen LogP contribution is 2.25. The molecule has 1 aliphatic rings. The Morgan fingerprint density at radius 1 is 1.12 bits per heavy atom. The predicted molar refractivity (Wildman–Crippen MR) is 69.1 cm³/mol. The minimum absolute atomic E-state index is 0.000361. The fourth-order valence-corrected chi connectivity index (χ4v) is 1.67. The highest BCUT2D eigenvalue weighted by molar-refractivity contribution is 5.39. The maximum atomic E-state index is 3.35. The van der Waals surface area contributed by atoms with Crippen molar-refractivity contribution < 1.29 is 0 Å². The molecule has 1 unspecified atom stereocenters. The van der Waals surface area contributed by atoms with Gasteiger partial charge in [0.2, 0.25) is 0 Å². The number of rotatable bonds is 0. The standard InChI is InChI=1S/C16H16/c1-14-6-8-15(9-7-14)10-13-16(2)11-4-3-5-12-16/h3-9,11H,12H2,1-2H3. The first-order valence-corrected chi connectivity index (χ1v) is 5.62. The molecule has 1 aromatic rings. The zero-order chi connectivity index (χ0) is 11.4. The summed E-state index contributed by atoms with van der Waals surface area (Å²) in [4.78, 5) is 0. The summed E-state index contributed by atoms with van der Waals surface area (Å²) < 4.78 is 0. The van der Waals surface area contributed by atoms with Gasteiger partial charge in [-0.05, 0) is 32.4 Å². The van der Waals surface area contributed by atoms with Crippen molar-refractivity contribution in [1.82, 2.24) is 0 Å². The summed E-state index contributed by atoms with van der Waals surface area (Å²) in [6, 6.07) is 8.36. The molecule has 80 valence electrons. The van der Waals surface area contributed by atoms with E-state index in [4.69, 9.17) is 0 Å². The number of benzene rings is 1. The summed E-state index contributed by atoms with van der Waals surface area (Å²) in [6.45, 7) is 4.27. The van der Waals surface area contributed by atoms with Crippen molar-refractivity contribution in [3.63, 3.8) is 0 Å². The number of allylic oxidation sites excluding steroid dienone is 4. The topological polar surface area (TPSA) is 0 Å². The molecule has 0 heterocycles. The van der Waals surface area contributed by atoms with E-state index in [0.717, 1.165) is 12.0 Å². The minimum Gasteiger partial charge on any atom is -0.0869 e. The van der Waals surface area contributed by atoms with E-state index in [1.54, 1.807) is 0 Å². The molecular formula is C16H16. The Balaban J connectivity index is 2.18. The third-order valence-electron chi connectivity index (χ3n) is 2.80. The summed E-state index contributed by atoms with van der Waals surface area (Å²) in [6.07, 6.45) is 9.50. The number of hydrogen-bond acceptors (Lipinski definition) is 0. The lowest BCUT2D eigenvalue weighted by atomic mass is 9.84. The molecule has 1 aliphatic carbocycles. The highest BCUT2D eigenvalue weighted by atomic mass is 14.2. The van der Waals surface area contributed by atoms with Crippen LogP contribution in [0.25, 0.3) is 0 Å². The van der Waals surface area contributed by atoms with Gasteiger partial charge in [0.15, 0.2) is 0 Å². The van der Waals surface area contributed by atoms with Crippen LogP contribution in [-0.4, -0.2) is 0 Å². The van der Waals surface area contributed by atoms with Crippen LogP contribution >= 0.6 is 0 Å². The quantitative estimate of drug-likeness (QED) is 0.568. The van der Waals surface area contributed by atoms with Crippen LogP contribution in [0.2, 0.25) is 0 Å². The normalized spacial score (nSPS) is 22.6. The van der Waals surface area contributed by atoms with Crippen LogP contribution in [0.4, 0.5) is 0 Å². The molecule has 0 aromatic heterocycles. The average Bonchev–Trinajstić information content (AvgIpc) is 2.29. The zero-order valence-corrected chi connectivity index (χ0v) is 9.83. The molecule has 0 bridgehead atoms. The van der Waals surface area contributed by atoms with Crippen molar-refractivity contribution in [2.75, 3.05) is 0 Å². The molecule has 16 heavy (non-hydrogen) atoms. The van der Waals surface area contributed by atoms with Crippen LogP contribution in [0.3, 0.4) is 0 Å². The van der Waals surface area contributed by atoms with E-state index in [1.807, 2.05) is 0 Å². The Labute approximate surface area is 97.7 Å². The molecule has 0 fully saturated rings. The first kappa shape index (κ1) is 10.8. The molecule has 0 spiro atoms. The second-order valence-corrected chi connectivity index (χ2v) is 4.52. The monoisotopic (exact) mass is 208 g/mol. The van der Waals surface area contributed by atoms with Gasteiger partial charge in [0, 0.05) is 5.56 Å². The predicted octanol–water partition coefficient (Wildman–Crippen LogP) is 3.87. The third-order valence-corrected chi connectivity index (χ3v) is 2.80. The van der Waals surface area contributed by atoms with Gasteiger partial charge in [-0.2, -0.15) is 0 Å². The SMILES string of the molecule is Cc1ccc(C#CC2(C)C=CC=CC2)cc1. The van der Waals surface area contributed by atoms with E-state index >= 15 is 0 Å². The molecule has 0 nitrogen and oxygen atoms in total. The van der Waals surface area contributed by atoms with Crippen LogP contribution in [-0.2, 0) is 0 Å². The summed E-state index contributed by atoms with van der Waals surface area (Å²) in [5.74, 6) is 6.59. The van der Waals surface area contributed by atoms with Gasteiger partial charge >= 0.3 is 0 Å². The van der Waals surface area contributed by atoms with Crippen LogP contribution in [0.1, 0.15) is 24.5 Å². The van der Waals surface area contributed by atoms with Gasteiger partial charge in [-0.25, -0.2) is 0 Å². The third kappa shape index (κ3) is 2.64. The first-order valence-electron chi connectivity index (χ1n) is 5.62. The van der Waals surface area contributed by atoms with E-state index in [0.29, 0.717) is 0 Å². The Morgan fingerprint density at radius 3 is 2.50 bits per heavy atom. The minimum atomic E-state index is -0.000361. The van der Waals surface area contributed by atoms with Gasteiger partial charge in [-0.3, -0.25) is 0 Å². The molecule has 1 atom stereocenters. The second kappa shape index (κ2) is 4.41. The largest absolute Gasteiger partial charge is 0.0869 e. The van der Waals surface area contributed by atoms with Crippen molar-refractivity contribution in [2.24, 2.45) is 5.41 Å². The Hall–Kier alpha value is -1.74. The molecule has 0 saturated carbocycles. The fourth-order valence-electron chi connectivity index (χ4n) is 1.67. The Morgan fingerprint density at radius 2 is 1.88 bits per heavy atom. The van der Waals surface area contributed by atoms with Gasteiger partial charge in [0.05, 0.1) is 5.41 Å². The van der Waals surface area contributed by atoms with Crippen LogP contribution < -0.4 is 0 Å². The summed E-state index contributed by atoms with van der Waals surface area (Å²) in [7, 11) is 0. The fraction of sp³-hybridized carbons (Fsp3) is 0.250. The smallest absolute Gasteiger partial charge is 0.0506 e. The first-order chi connectivity index (χ1) is 7.68. The molecule has 0 N–H and O–H groups in total. The average molecular weight is 208 g/mol. The maximum Gasteiger partial charge on any atom is 0.0506 e. The van der Waals surface area contributed by atoms with Crippen LogP contribution in [0.15, 0.2) is 48.6 Å². The molecule has 0 radical (unpaired) electrons. The summed E-state index contributed by atoms with van der Waals surface area (Å²) in [5.41, 5.74) is 2.37. The van der Waals surface area contributed by atoms with E-state index in [2.05, 4.69) is 74.3 Å². The van der Waals surface area contributed by atoms with Crippen LogP contribution in [0.5, 0.6) is 0 Å². The lowest BCUT2D eigenvalue weighted by molar-refractivity contribution is 0.582. The number of aryl methyl sites for hydroxylation is 1. The number of hydrogen-bond donors (Lipinski definition) is 0. The van der Waals surface area contributed by atoms with Crippen molar-refractivity contribution in [1.29, 1.82) is 0 Å². The molecule has 0 aliphatic heterocycles. The molecule has 2 rings (SSSR count). The molecule has 0 heteroatoms. The van der Waals surface area contributed by atoms with Crippen molar-refractivity contribution >= 4 is 0 Å². The Bertz CT molecular complexity index is 477. The van der Waals surface area contributed by atoms with Crippen LogP contribution in [0, 0.1) is 24.2 Å². The van der Waals surface area contributed by atoms with Gasteiger partial charge in [0.1, 0.15) is 0 Å². The lowest BCUT2D eigenvalue weighted by Gasteiger charge is -2.18. The molecular weight excluding hydrogens is 192 g/mol. The molecule has 0 amide bonds. The van der Waals surface area contributed by atoms with Crippen molar-refractivity contribution in [2.45, 2.75) is 20.3 Å². The zero-order valence-electron chi connectivity index (χ0n) is 9.83. The summed E-state index contributed by atoms with van der Waals surface area (Å²) in [5, 5.41) is 0. The second-order valence-electron chi connectivity index (χ2n) is 4.52. The van der Waals surface area contributed by atoms with E-state index in [9.17, 15) is 0 Å². The highest BCUT2D eigenvalue weighted by Gasteiger charge is 2.16. The maximum absolute atomic E-state index is 3.35. The van der Waals surface area contributed by atoms with Crippen molar-refractivity contribution in [3.8, 4) is 11.8 Å². The van der Waals surface area contributed by atoms with Gasteiger partial charge in [-0.15, -0.1) is 0 Å². The van der Waals surface area contributed by atoms with E-state index in [-0.39, 0.29) is 5.41 Å². The van der Waals surface area contributed by atoms with E-state index < -0.39 is 0 Å². The Kier molecular flexibility index (Phi) is 2.97.